The van der Waals surface area contributed by atoms with Crippen molar-refractivity contribution in [1.82, 2.24) is 5.32 Å². The molecule has 2 heteroatoms. The SMILES string of the molecule is NC(CNC1CC1)C1C2CC3CC(C2)CC1C3. The zero-order valence-electron chi connectivity index (χ0n) is 10.8. The smallest absolute Gasteiger partial charge is 0.0199 e. The summed E-state index contributed by atoms with van der Waals surface area (Å²) >= 11 is 0. The Kier molecular flexibility index (Phi) is 2.52. The van der Waals surface area contributed by atoms with Crippen LogP contribution in [0.2, 0.25) is 0 Å². The van der Waals surface area contributed by atoms with Gasteiger partial charge in [0.1, 0.15) is 0 Å². The number of hydrogen-bond acceptors (Lipinski definition) is 2. The Morgan fingerprint density at radius 1 is 0.941 bits per heavy atom. The van der Waals surface area contributed by atoms with E-state index in [0.29, 0.717) is 6.04 Å². The van der Waals surface area contributed by atoms with Crippen LogP contribution in [0.4, 0.5) is 0 Å². The van der Waals surface area contributed by atoms with Gasteiger partial charge in [-0.1, -0.05) is 0 Å². The van der Waals surface area contributed by atoms with Gasteiger partial charge in [0, 0.05) is 18.6 Å². The summed E-state index contributed by atoms with van der Waals surface area (Å²) in [6.07, 6.45) is 10.4. The second-order valence-corrected chi connectivity index (χ2v) is 7.35. The maximum Gasteiger partial charge on any atom is 0.0199 e. The number of nitrogens with one attached hydrogen (secondary N) is 1. The second kappa shape index (κ2) is 3.96. The summed E-state index contributed by atoms with van der Waals surface area (Å²) < 4.78 is 0. The molecule has 1 atom stereocenters. The van der Waals surface area contributed by atoms with Gasteiger partial charge in [0.25, 0.3) is 0 Å². The first kappa shape index (κ1) is 10.8. The zero-order chi connectivity index (χ0) is 11.4. The van der Waals surface area contributed by atoms with E-state index in [9.17, 15) is 0 Å². The summed E-state index contributed by atoms with van der Waals surface area (Å²) in [6.45, 7) is 1.08. The van der Waals surface area contributed by atoms with Crippen LogP contribution in [0.5, 0.6) is 0 Å². The normalized spacial score (nSPS) is 49.6. The second-order valence-electron chi connectivity index (χ2n) is 7.35. The van der Waals surface area contributed by atoms with Crippen molar-refractivity contribution in [3.05, 3.63) is 0 Å². The molecular formula is C15H26N2. The van der Waals surface area contributed by atoms with E-state index in [4.69, 9.17) is 5.73 Å². The van der Waals surface area contributed by atoms with Crippen LogP contribution in [0, 0.1) is 29.6 Å². The Morgan fingerprint density at radius 3 is 2.06 bits per heavy atom. The van der Waals surface area contributed by atoms with Crippen molar-refractivity contribution >= 4 is 0 Å². The highest BCUT2D eigenvalue weighted by molar-refractivity contribution is 5.01. The van der Waals surface area contributed by atoms with E-state index in [1.165, 1.54) is 38.5 Å². The van der Waals surface area contributed by atoms with Gasteiger partial charge < -0.3 is 11.1 Å². The first-order valence-corrected chi connectivity index (χ1v) is 7.78. The van der Waals surface area contributed by atoms with Crippen molar-refractivity contribution in [2.45, 2.75) is 57.0 Å². The van der Waals surface area contributed by atoms with E-state index in [-0.39, 0.29) is 0 Å². The van der Waals surface area contributed by atoms with Crippen LogP contribution in [-0.2, 0) is 0 Å². The molecule has 0 aliphatic heterocycles. The van der Waals surface area contributed by atoms with Gasteiger partial charge in [0.2, 0.25) is 0 Å². The lowest BCUT2D eigenvalue weighted by Crippen LogP contribution is -2.54. The third-order valence-corrected chi connectivity index (χ3v) is 6.01. The highest BCUT2D eigenvalue weighted by Crippen LogP contribution is 2.57. The Balaban J connectivity index is 1.42. The molecule has 5 aliphatic rings. The molecule has 0 radical (unpaired) electrons. The van der Waals surface area contributed by atoms with Crippen LogP contribution in [0.1, 0.15) is 44.9 Å². The van der Waals surface area contributed by atoms with Crippen molar-refractivity contribution < 1.29 is 0 Å². The third kappa shape index (κ3) is 1.94. The molecule has 17 heavy (non-hydrogen) atoms. The Labute approximate surface area is 105 Å². The lowest BCUT2D eigenvalue weighted by molar-refractivity contribution is -0.0463. The van der Waals surface area contributed by atoms with Gasteiger partial charge in [-0.25, -0.2) is 0 Å². The molecule has 5 aliphatic carbocycles. The number of nitrogens with two attached hydrogens (primary N) is 1. The lowest BCUT2D eigenvalue weighted by atomic mass is 9.50. The van der Waals surface area contributed by atoms with E-state index >= 15 is 0 Å². The number of hydrogen-bond donors (Lipinski definition) is 2. The average molecular weight is 234 g/mol. The van der Waals surface area contributed by atoms with Crippen molar-refractivity contribution in [3.8, 4) is 0 Å². The van der Waals surface area contributed by atoms with Crippen molar-refractivity contribution in [2.24, 2.45) is 35.3 Å². The van der Waals surface area contributed by atoms with E-state index < -0.39 is 0 Å². The highest BCUT2D eigenvalue weighted by atomic mass is 15.0. The molecule has 0 spiro atoms. The monoisotopic (exact) mass is 234 g/mol. The molecule has 96 valence electrons. The molecule has 5 rings (SSSR count). The van der Waals surface area contributed by atoms with Crippen LogP contribution in [0.15, 0.2) is 0 Å². The molecule has 1 unspecified atom stereocenters. The largest absolute Gasteiger partial charge is 0.326 e. The molecule has 0 heterocycles. The van der Waals surface area contributed by atoms with E-state index in [1.54, 1.807) is 6.42 Å². The molecule has 0 aromatic heterocycles. The molecule has 5 saturated carbocycles. The summed E-state index contributed by atoms with van der Waals surface area (Å²) in [5.74, 6) is 4.99. The van der Waals surface area contributed by atoms with Crippen molar-refractivity contribution in [2.75, 3.05) is 6.54 Å². The average Bonchev–Trinajstić information content (AvgIpc) is 3.08. The maximum atomic E-state index is 6.51. The van der Waals surface area contributed by atoms with Gasteiger partial charge in [-0.05, 0) is 74.5 Å². The fourth-order valence-corrected chi connectivity index (χ4v) is 5.39. The Hall–Kier alpha value is -0.0800. The lowest BCUT2D eigenvalue weighted by Gasteiger charge is -2.56. The summed E-state index contributed by atoms with van der Waals surface area (Å²) in [7, 11) is 0. The van der Waals surface area contributed by atoms with Crippen LogP contribution < -0.4 is 11.1 Å². The molecule has 5 fully saturated rings. The van der Waals surface area contributed by atoms with Crippen LogP contribution in [0.25, 0.3) is 0 Å². The quantitative estimate of drug-likeness (QED) is 0.782. The van der Waals surface area contributed by atoms with Crippen molar-refractivity contribution in [3.63, 3.8) is 0 Å². The van der Waals surface area contributed by atoms with Gasteiger partial charge in [-0.15, -0.1) is 0 Å². The fraction of sp³-hybridized carbons (Fsp3) is 1.00. The molecule has 4 bridgehead atoms. The number of rotatable bonds is 4. The first-order chi connectivity index (χ1) is 8.29. The first-order valence-electron chi connectivity index (χ1n) is 7.78. The molecule has 0 saturated heterocycles. The minimum Gasteiger partial charge on any atom is -0.326 e. The minimum absolute atomic E-state index is 0.436. The Bertz CT molecular complexity index is 269. The summed E-state index contributed by atoms with van der Waals surface area (Å²) in [6, 6.07) is 1.25. The van der Waals surface area contributed by atoms with E-state index in [0.717, 1.165) is 42.2 Å². The van der Waals surface area contributed by atoms with E-state index in [2.05, 4.69) is 5.32 Å². The third-order valence-electron chi connectivity index (χ3n) is 6.01. The molecule has 0 aromatic rings. The fourth-order valence-electron chi connectivity index (χ4n) is 5.39. The molecule has 3 N–H and O–H groups in total. The van der Waals surface area contributed by atoms with Gasteiger partial charge in [-0.3, -0.25) is 0 Å². The topological polar surface area (TPSA) is 38.0 Å². The predicted molar refractivity (Wildman–Crippen MR) is 69.5 cm³/mol. The summed E-state index contributed by atoms with van der Waals surface area (Å²) in [5, 5.41) is 3.64. The predicted octanol–water partition coefficient (Wildman–Crippen LogP) is 2.14. The van der Waals surface area contributed by atoms with Crippen molar-refractivity contribution in [1.29, 1.82) is 0 Å². The van der Waals surface area contributed by atoms with Gasteiger partial charge in [0.05, 0.1) is 0 Å². The van der Waals surface area contributed by atoms with E-state index in [1.807, 2.05) is 0 Å². The van der Waals surface area contributed by atoms with Gasteiger partial charge >= 0.3 is 0 Å². The van der Waals surface area contributed by atoms with Gasteiger partial charge in [0.15, 0.2) is 0 Å². The Morgan fingerprint density at radius 2 is 1.53 bits per heavy atom. The maximum absolute atomic E-state index is 6.51. The highest BCUT2D eigenvalue weighted by Gasteiger charge is 2.49. The molecular weight excluding hydrogens is 208 g/mol. The molecule has 0 aromatic carbocycles. The summed E-state index contributed by atoms with van der Waals surface area (Å²) in [4.78, 5) is 0. The molecule has 2 nitrogen and oxygen atoms in total. The van der Waals surface area contributed by atoms with Crippen LogP contribution in [0.3, 0.4) is 0 Å². The summed E-state index contributed by atoms with van der Waals surface area (Å²) in [5.41, 5.74) is 6.51. The standard InChI is InChI=1S/C15H26N2/c16-14(8-17-13-1-2-13)15-11-4-9-3-10(6-11)7-12(15)5-9/h9-15,17H,1-8,16H2. The van der Waals surface area contributed by atoms with Gasteiger partial charge in [-0.2, -0.15) is 0 Å². The van der Waals surface area contributed by atoms with Crippen LogP contribution in [-0.4, -0.2) is 18.6 Å². The van der Waals surface area contributed by atoms with Crippen LogP contribution >= 0.6 is 0 Å². The zero-order valence-corrected chi connectivity index (χ0v) is 10.8. The minimum atomic E-state index is 0.436. The molecule has 0 amide bonds.